The third-order valence-corrected chi connectivity index (χ3v) is 4.40. The van der Waals surface area contributed by atoms with E-state index < -0.39 is 11.6 Å². The van der Waals surface area contributed by atoms with Crippen molar-refractivity contribution in [3.05, 3.63) is 29.3 Å². The highest BCUT2D eigenvalue weighted by Crippen LogP contribution is 2.25. The fourth-order valence-electron chi connectivity index (χ4n) is 1.87. The van der Waals surface area contributed by atoms with Crippen molar-refractivity contribution in [2.45, 2.75) is 6.42 Å². The van der Waals surface area contributed by atoms with Crippen LogP contribution in [0.5, 0.6) is 0 Å². The standard InChI is InChI=1S/C12H14F2N2S2/c13-10-8(12(15)17)1-2-9(11(10)14)16-5-7-3-4-18-6-7/h1-2,7,16H,3-6H2,(H2,15,17). The number of benzene rings is 1. The van der Waals surface area contributed by atoms with E-state index in [-0.39, 0.29) is 16.2 Å². The second kappa shape index (κ2) is 5.84. The molecule has 0 bridgehead atoms. The Morgan fingerprint density at radius 1 is 1.44 bits per heavy atom. The number of nitrogens with two attached hydrogens (primary N) is 1. The van der Waals surface area contributed by atoms with Crippen LogP contribution >= 0.6 is 24.0 Å². The molecule has 2 nitrogen and oxygen atoms in total. The molecule has 3 N–H and O–H groups in total. The van der Waals surface area contributed by atoms with Gasteiger partial charge in [0.2, 0.25) is 0 Å². The van der Waals surface area contributed by atoms with Gasteiger partial charge in [-0.3, -0.25) is 0 Å². The van der Waals surface area contributed by atoms with Crippen LogP contribution in [0.15, 0.2) is 12.1 Å². The second-order valence-electron chi connectivity index (χ2n) is 4.26. The zero-order chi connectivity index (χ0) is 13.1. The number of rotatable bonds is 4. The van der Waals surface area contributed by atoms with Crippen LogP contribution in [0.3, 0.4) is 0 Å². The van der Waals surface area contributed by atoms with Gasteiger partial charge in [0.1, 0.15) is 4.99 Å². The summed E-state index contributed by atoms with van der Waals surface area (Å²) in [5.74, 6) is 0.845. The maximum absolute atomic E-state index is 13.7. The number of nitrogens with one attached hydrogen (secondary N) is 1. The van der Waals surface area contributed by atoms with Crippen LogP contribution in [0.1, 0.15) is 12.0 Å². The van der Waals surface area contributed by atoms with Gasteiger partial charge in [-0.2, -0.15) is 11.8 Å². The number of halogens is 2. The Kier molecular flexibility index (Phi) is 4.40. The Morgan fingerprint density at radius 3 is 2.83 bits per heavy atom. The molecule has 18 heavy (non-hydrogen) atoms. The average Bonchev–Trinajstić information content (AvgIpc) is 2.83. The lowest BCUT2D eigenvalue weighted by molar-refractivity contribution is 0.508. The maximum atomic E-state index is 13.7. The summed E-state index contributed by atoms with van der Waals surface area (Å²) in [4.78, 5) is -0.134. The Bertz CT molecular complexity index is 460. The van der Waals surface area contributed by atoms with E-state index in [1.54, 1.807) is 0 Å². The van der Waals surface area contributed by atoms with E-state index in [2.05, 4.69) is 17.5 Å². The Hall–Kier alpha value is -0.880. The number of thiocarbonyl (C=S) groups is 1. The summed E-state index contributed by atoms with van der Waals surface area (Å²) in [5, 5.41) is 2.95. The molecule has 1 fully saturated rings. The van der Waals surface area contributed by atoms with E-state index in [1.165, 1.54) is 12.1 Å². The van der Waals surface area contributed by atoms with E-state index in [9.17, 15) is 8.78 Å². The lowest BCUT2D eigenvalue weighted by atomic mass is 10.1. The molecule has 0 saturated carbocycles. The van der Waals surface area contributed by atoms with E-state index in [0.29, 0.717) is 12.5 Å². The van der Waals surface area contributed by atoms with Crippen LogP contribution in [0, 0.1) is 17.6 Å². The topological polar surface area (TPSA) is 38.0 Å². The van der Waals surface area contributed by atoms with E-state index >= 15 is 0 Å². The molecule has 2 rings (SSSR count). The van der Waals surface area contributed by atoms with Crippen LogP contribution in [0.2, 0.25) is 0 Å². The van der Waals surface area contributed by atoms with Gasteiger partial charge in [0.15, 0.2) is 11.6 Å². The van der Waals surface area contributed by atoms with Gasteiger partial charge in [-0.15, -0.1) is 0 Å². The largest absolute Gasteiger partial charge is 0.389 e. The zero-order valence-electron chi connectivity index (χ0n) is 9.71. The van der Waals surface area contributed by atoms with Crippen molar-refractivity contribution >= 4 is 34.7 Å². The molecule has 0 aliphatic carbocycles. The summed E-state index contributed by atoms with van der Waals surface area (Å²) < 4.78 is 27.4. The Labute approximate surface area is 114 Å². The summed E-state index contributed by atoms with van der Waals surface area (Å²) in [7, 11) is 0. The van der Waals surface area contributed by atoms with Crippen molar-refractivity contribution in [2.24, 2.45) is 11.7 Å². The van der Waals surface area contributed by atoms with E-state index in [1.807, 2.05) is 11.8 Å². The highest BCUT2D eigenvalue weighted by molar-refractivity contribution is 7.99. The predicted octanol–water partition coefficient (Wildman–Crippen LogP) is 2.76. The van der Waals surface area contributed by atoms with Crippen molar-refractivity contribution in [2.75, 3.05) is 23.4 Å². The molecule has 0 spiro atoms. The molecule has 1 unspecified atom stereocenters. The lowest BCUT2D eigenvalue weighted by Crippen LogP contribution is -2.17. The average molecular weight is 288 g/mol. The summed E-state index contributed by atoms with van der Waals surface area (Å²) in [6.45, 7) is 0.662. The summed E-state index contributed by atoms with van der Waals surface area (Å²) in [6.07, 6.45) is 1.12. The minimum Gasteiger partial charge on any atom is -0.389 e. The van der Waals surface area contributed by atoms with Crippen LogP contribution in [-0.4, -0.2) is 23.0 Å². The highest BCUT2D eigenvalue weighted by atomic mass is 32.2. The fraction of sp³-hybridized carbons (Fsp3) is 0.417. The first-order valence-electron chi connectivity index (χ1n) is 5.69. The molecule has 6 heteroatoms. The van der Waals surface area contributed by atoms with Crippen LogP contribution in [0.4, 0.5) is 14.5 Å². The SMILES string of the molecule is NC(=S)c1ccc(NCC2CCSC2)c(F)c1F. The Morgan fingerprint density at radius 2 is 2.22 bits per heavy atom. The molecule has 98 valence electrons. The first kappa shape index (κ1) is 13.5. The summed E-state index contributed by atoms with van der Waals surface area (Å²) in [5.41, 5.74) is 5.43. The smallest absolute Gasteiger partial charge is 0.182 e. The molecule has 1 aliphatic heterocycles. The van der Waals surface area contributed by atoms with Gasteiger partial charge < -0.3 is 11.1 Å². The third kappa shape index (κ3) is 2.92. The van der Waals surface area contributed by atoms with Gasteiger partial charge in [-0.25, -0.2) is 8.78 Å². The number of anilines is 1. The minimum absolute atomic E-state index is 0.0514. The van der Waals surface area contributed by atoms with Gasteiger partial charge in [-0.1, -0.05) is 12.2 Å². The van der Waals surface area contributed by atoms with Crippen molar-refractivity contribution in [3.8, 4) is 0 Å². The molecular weight excluding hydrogens is 274 g/mol. The quantitative estimate of drug-likeness (QED) is 0.836. The first-order valence-corrected chi connectivity index (χ1v) is 7.25. The molecule has 1 atom stereocenters. The van der Waals surface area contributed by atoms with Gasteiger partial charge in [0.25, 0.3) is 0 Å². The van der Waals surface area contributed by atoms with Crippen LogP contribution in [-0.2, 0) is 0 Å². The molecule has 1 saturated heterocycles. The first-order chi connectivity index (χ1) is 8.59. The van der Waals surface area contributed by atoms with Crippen molar-refractivity contribution in [1.29, 1.82) is 0 Å². The van der Waals surface area contributed by atoms with E-state index in [0.717, 1.165) is 17.9 Å². The van der Waals surface area contributed by atoms with Crippen molar-refractivity contribution in [3.63, 3.8) is 0 Å². The monoisotopic (exact) mass is 288 g/mol. The van der Waals surface area contributed by atoms with Gasteiger partial charge in [-0.05, 0) is 36.0 Å². The van der Waals surface area contributed by atoms with Crippen LogP contribution in [0.25, 0.3) is 0 Å². The second-order valence-corrected chi connectivity index (χ2v) is 5.85. The van der Waals surface area contributed by atoms with Crippen molar-refractivity contribution in [1.82, 2.24) is 0 Å². The molecule has 0 radical (unpaired) electrons. The molecule has 1 aromatic carbocycles. The van der Waals surface area contributed by atoms with Crippen LogP contribution < -0.4 is 11.1 Å². The van der Waals surface area contributed by atoms with Gasteiger partial charge >= 0.3 is 0 Å². The van der Waals surface area contributed by atoms with Gasteiger partial charge in [0, 0.05) is 12.1 Å². The molecule has 0 aromatic heterocycles. The molecule has 1 heterocycles. The number of hydrogen-bond acceptors (Lipinski definition) is 3. The summed E-state index contributed by atoms with van der Waals surface area (Å²) in [6, 6.07) is 2.89. The fourth-order valence-corrected chi connectivity index (χ4v) is 3.32. The zero-order valence-corrected chi connectivity index (χ0v) is 11.3. The lowest BCUT2D eigenvalue weighted by Gasteiger charge is -2.13. The molecule has 1 aromatic rings. The molecule has 0 amide bonds. The van der Waals surface area contributed by atoms with E-state index in [4.69, 9.17) is 5.73 Å². The third-order valence-electron chi connectivity index (χ3n) is 2.95. The normalized spacial score (nSPS) is 18.9. The predicted molar refractivity (Wildman–Crippen MR) is 76.2 cm³/mol. The van der Waals surface area contributed by atoms with Gasteiger partial charge in [0.05, 0.1) is 5.69 Å². The maximum Gasteiger partial charge on any atom is 0.182 e. The van der Waals surface area contributed by atoms with Crippen molar-refractivity contribution < 1.29 is 8.78 Å². The molecular formula is C12H14F2N2S2. The number of hydrogen-bond donors (Lipinski definition) is 2. The molecule has 1 aliphatic rings. The Balaban J connectivity index is 2.09. The minimum atomic E-state index is -0.978. The number of thioether (sulfide) groups is 1. The summed E-state index contributed by atoms with van der Waals surface area (Å²) >= 11 is 6.54. The highest BCUT2D eigenvalue weighted by Gasteiger charge is 2.18.